The Balaban J connectivity index is 1.91. The zero-order valence-electron chi connectivity index (χ0n) is 13.1. The summed E-state index contributed by atoms with van der Waals surface area (Å²) in [6, 6.07) is 4.62. The number of rotatable bonds is 3. The number of likely N-dealkylation sites (tertiary alicyclic amines) is 1. The molecule has 1 N–H and O–H groups in total. The van der Waals surface area contributed by atoms with Gasteiger partial charge in [0.2, 0.25) is 0 Å². The summed E-state index contributed by atoms with van der Waals surface area (Å²) in [5, 5.41) is 2.75. The van der Waals surface area contributed by atoms with Crippen molar-refractivity contribution in [3.63, 3.8) is 0 Å². The first-order valence-corrected chi connectivity index (χ1v) is 7.22. The van der Waals surface area contributed by atoms with Gasteiger partial charge in [-0.1, -0.05) is 12.1 Å². The van der Waals surface area contributed by atoms with Crippen molar-refractivity contribution in [3.05, 3.63) is 35.1 Å². The summed E-state index contributed by atoms with van der Waals surface area (Å²) in [6.45, 7) is 4.56. The summed E-state index contributed by atoms with van der Waals surface area (Å²) in [4.78, 5) is 25.5. The number of amides is 2. The van der Waals surface area contributed by atoms with Gasteiger partial charge in [0, 0.05) is 19.6 Å². The number of methoxy groups -OCH3 is 1. The van der Waals surface area contributed by atoms with E-state index in [9.17, 15) is 14.0 Å². The number of halogens is 1. The molecule has 0 radical (unpaired) electrons. The predicted octanol–water partition coefficient (Wildman–Crippen LogP) is 2.23. The van der Waals surface area contributed by atoms with Gasteiger partial charge in [-0.2, -0.15) is 0 Å². The van der Waals surface area contributed by atoms with Gasteiger partial charge in [-0.3, -0.25) is 4.79 Å². The Bertz CT molecular complexity index is 591. The minimum atomic E-state index is -0.651. The highest BCUT2D eigenvalue weighted by molar-refractivity contribution is 5.80. The molecule has 0 spiro atoms. The standard InChI is InChI=1S/C16H21FN2O3/c1-11-4-5-12(8-13(11)17)9-18-15(21)19-7-6-16(2,10-19)14(20)22-3/h4-5,8H,6-7,9-10H2,1-3H3,(H,18,21)/t16-/m0/s1. The van der Waals surface area contributed by atoms with Crippen LogP contribution in [0.3, 0.4) is 0 Å². The smallest absolute Gasteiger partial charge is 0.317 e. The largest absolute Gasteiger partial charge is 0.469 e. The maximum absolute atomic E-state index is 13.5. The molecule has 2 amide bonds. The second kappa shape index (κ2) is 6.34. The van der Waals surface area contributed by atoms with Crippen LogP contribution in [0.5, 0.6) is 0 Å². The molecular formula is C16H21FN2O3. The van der Waals surface area contributed by atoms with Crippen LogP contribution in [0, 0.1) is 18.2 Å². The molecule has 1 heterocycles. The first kappa shape index (κ1) is 16.3. The summed E-state index contributed by atoms with van der Waals surface area (Å²) >= 11 is 0. The van der Waals surface area contributed by atoms with E-state index in [0.717, 1.165) is 0 Å². The van der Waals surface area contributed by atoms with Gasteiger partial charge in [-0.05, 0) is 37.5 Å². The highest BCUT2D eigenvalue weighted by atomic mass is 19.1. The van der Waals surface area contributed by atoms with Crippen molar-refractivity contribution in [2.45, 2.75) is 26.8 Å². The summed E-state index contributed by atoms with van der Waals surface area (Å²) in [5.41, 5.74) is 0.622. The second-order valence-corrected chi connectivity index (χ2v) is 5.97. The van der Waals surface area contributed by atoms with Crippen molar-refractivity contribution in [1.82, 2.24) is 10.2 Å². The quantitative estimate of drug-likeness (QED) is 0.871. The van der Waals surface area contributed by atoms with Crippen LogP contribution in [-0.2, 0) is 16.1 Å². The maximum Gasteiger partial charge on any atom is 0.317 e. The number of esters is 1. The number of carbonyl (C=O) groups excluding carboxylic acids is 2. The third-order valence-electron chi connectivity index (χ3n) is 4.12. The Morgan fingerprint density at radius 2 is 2.18 bits per heavy atom. The molecule has 0 unspecified atom stereocenters. The van der Waals surface area contributed by atoms with Crippen LogP contribution in [0.25, 0.3) is 0 Å². The van der Waals surface area contributed by atoms with E-state index in [2.05, 4.69) is 5.32 Å². The van der Waals surface area contributed by atoms with Gasteiger partial charge in [-0.25, -0.2) is 9.18 Å². The molecule has 0 aromatic heterocycles. The fourth-order valence-electron chi connectivity index (χ4n) is 2.58. The molecule has 1 aromatic rings. The number of benzene rings is 1. The van der Waals surface area contributed by atoms with E-state index in [0.29, 0.717) is 30.6 Å². The molecule has 1 fully saturated rings. The van der Waals surface area contributed by atoms with Crippen molar-refractivity contribution < 1.29 is 18.7 Å². The molecule has 1 aliphatic heterocycles. The van der Waals surface area contributed by atoms with Gasteiger partial charge in [0.25, 0.3) is 0 Å². The molecular weight excluding hydrogens is 287 g/mol. The molecule has 1 atom stereocenters. The number of hydrogen-bond donors (Lipinski definition) is 1. The minimum Gasteiger partial charge on any atom is -0.469 e. The van der Waals surface area contributed by atoms with Crippen LogP contribution < -0.4 is 5.32 Å². The third-order valence-corrected chi connectivity index (χ3v) is 4.12. The minimum absolute atomic E-state index is 0.251. The van der Waals surface area contributed by atoms with Gasteiger partial charge in [0.05, 0.1) is 12.5 Å². The van der Waals surface area contributed by atoms with E-state index in [-0.39, 0.29) is 24.4 Å². The number of urea groups is 1. The second-order valence-electron chi connectivity index (χ2n) is 5.97. The molecule has 2 rings (SSSR count). The first-order valence-electron chi connectivity index (χ1n) is 7.22. The lowest BCUT2D eigenvalue weighted by Gasteiger charge is -2.22. The van der Waals surface area contributed by atoms with Crippen LogP contribution in [0.1, 0.15) is 24.5 Å². The number of carbonyl (C=O) groups is 2. The van der Waals surface area contributed by atoms with Gasteiger partial charge < -0.3 is 15.0 Å². The normalized spacial score (nSPS) is 20.8. The fourth-order valence-corrected chi connectivity index (χ4v) is 2.58. The average Bonchev–Trinajstić information content (AvgIpc) is 2.91. The Morgan fingerprint density at radius 3 is 2.82 bits per heavy atom. The predicted molar refractivity (Wildman–Crippen MR) is 79.7 cm³/mol. The molecule has 1 aromatic carbocycles. The highest BCUT2D eigenvalue weighted by Crippen LogP contribution is 2.31. The van der Waals surface area contributed by atoms with Crippen molar-refractivity contribution in [1.29, 1.82) is 0 Å². The summed E-state index contributed by atoms with van der Waals surface area (Å²) in [7, 11) is 1.35. The van der Waals surface area contributed by atoms with Gasteiger partial charge in [-0.15, -0.1) is 0 Å². The summed E-state index contributed by atoms with van der Waals surface area (Å²) < 4.78 is 18.2. The van der Waals surface area contributed by atoms with Crippen LogP contribution >= 0.6 is 0 Å². The molecule has 120 valence electrons. The Labute approximate surface area is 129 Å². The zero-order chi connectivity index (χ0) is 16.3. The number of ether oxygens (including phenoxy) is 1. The molecule has 6 heteroatoms. The van der Waals surface area contributed by atoms with Crippen LogP contribution in [0.4, 0.5) is 9.18 Å². The average molecular weight is 308 g/mol. The van der Waals surface area contributed by atoms with E-state index < -0.39 is 5.41 Å². The van der Waals surface area contributed by atoms with E-state index >= 15 is 0 Å². The van der Waals surface area contributed by atoms with Crippen molar-refractivity contribution in [3.8, 4) is 0 Å². The topological polar surface area (TPSA) is 58.6 Å². The van der Waals surface area contributed by atoms with E-state index in [1.165, 1.54) is 13.2 Å². The van der Waals surface area contributed by atoms with Crippen molar-refractivity contribution in [2.75, 3.05) is 20.2 Å². The number of nitrogens with one attached hydrogen (secondary N) is 1. The molecule has 22 heavy (non-hydrogen) atoms. The van der Waals surface area contributed by atoms with Gasteiger partial charge in [0.15, 0.2) is 0 Å². The molecule has 1 aliphatic rings. The lowest BCUT2D eigenvalue weighted by Crippen LogP contribution is -2.40. The van der Waals surface area contributed by atoms with E-state index in [1.54, 1.807) is 30.9 Å². The highest BCUT2D eigenvalue weighted by Gasteiger charge is 2.42. The van der Waals surface area contributed by atoms with Crippen LogP contribution in [0.15, 0.2) is 18.2 Å². The van der Waals surface area contributed by atoms with Gasteiger partial charge in [0.1, 0.15) is 5.82 Å². The Hall–Kier alpha value is -2.11. The fraction of sp³-hybridized carbons (Fsp3) is 0.500. The first-order chi connectivity index (χ1) is 10.4. The molecule has 0 bridgehead atoms. The Morgan fingerprint density at radius 1 is 1.45 bits per heavy atom. The monoisotopic (exact) mass is 308 g/mol. The Kier molecular flexibility index (Phi) is 4.68. The molecule has 0 aliphatic carbocycles. The lowest BCUT2D eigenvalue weighted by atomic mass is 9.90. The third kappa shape index (κ3) is 3.37. The summed E-state index contributed by atoms with van der Waals surface area (Å²) in [5.74, 6) is -0.588. The number of nitrogens with zero attached hydrogens (tertiary/aromatic N) is 1. The zero-order valence-corrected chi connectivity index (χ0v) is 13.1. The lowest BCUT2D eigenvalue weighted by molar-refractivity contribution is -0.150. The molecule has 5 nitrogen and oxygen atoms in total. The van der Waals surface area contributed by atoms with Crippen molar-refractivity contribution in [2.24, 2.45) is 5.41 Å². The molecule has 1 saturated heterocycles. The number of aryl methyl sites for hydroxylation is 1. The van der Waals surface area contributed by atoms with E-state index in [1.807, 2.05) is 0 Å². The van der Waals surface area contributed by atoms with Gasteiger partial charge >= 0.3 is 12.0 Å². The molecule has 0 saturated carbocycles. The van der Waals surface area contributed by atoms with Crippen LogP contribution in [0.2, 0.25) is 0 Å². The van der Waals surface area contributed by atoms with Crippen molar-refractivity contribution >= 4 is 12.0 Å². The van der Waals surface area contributed by atoms with Crippen LogP contribution in [-0.4, -0.2) is 37.1 Å². The van der Waals surface area contributed by atoms with E-state index in [4.69, 9.17) is 4.74 Å². The number of hydrogen-bond acceptors (Lipinski definition) is 3. The summed E-state index contributed by atoms with van der Waals surface area (Å²) in [6.07, 6.45) is 0.576. The maximum atomic E-state index is 13.5. The SMILES string of the molecule is COC(=O)[C@@]1(C)CCN(C(=O)NCc2ccc(C)c(F)c2)C1.